The maximum atomic E-state index is 12.8. The molecule has 0 amide bonds. The number of esters is 1. The van der Waals surface area contributed by atoms with Gasteiger partial charge in [-0.2, -0.15) is 5.10 Å². The van der Waals surface area contributed by atoms with Crippen molar-refractivity contribution in [3.05, 3.63) is 76.6 Å². The minimum atomic E-state index is -0.529. The molecule has 0 unspecified atom stereocenters. The first kappa shape index (κ1) is 19.1. The molecule has 7 heteroatoms. The Morgan fingerprint density at radius 2 is 2.03 bits per heavy atom. The van der Waals surface area contributed by atoms with Crippen molar-refractivity contribution in [3.8, 4) is 16.9 Å². The Balaban J connectivity index is 1.89. The number of nitrogens with zero attached hydrogens (tertiary/aromatic N) is 2. The zero-order valence-electron chi connectivity index (χ0n) is 16.0. The third kappa shape index (κ3) is 3.47. The molecule has 0 radical (unpaired) electrons. The average Bonchev–Trinajstić information content (AvgIpc) is 3.11. The van der Waals surface area contributed by atoms with Gasteiger partial charge in [0.2, 0.25) is 0 Å². The second-order valence-corrected chi connectivity index (χ2v) is 7.18. The van der Waals surface area contributed by atoms with E-state index in [1.165, 1.54) is 0 Å². The molecule has 3 aromatic rings. The fraction of sp³-hybridized carbons (Fsp3) is 0.182. The molecule has 29 heavy (non-hydrogen) atoms. The maximum Gasteiger partial charge on any atom is 0.338 e. The zero-order chi connectivity index (χ0) is 20.5. The van der Waals surface area contributed by atoms with Crippen molar-refractivity contribution in [1.29, 1.82) is 0 Å². The summed E-state index contributed by atoms with van der Waals surface area (Å²) in [5.74, 6) is 0.458. The molecule has 0 saturated carbocycles. The fourth-order valence-corrected chi connectivity index (χ4v) is 3.70. The normalized spacial score (nSPS) is 15.6. The van der Waals surface area contributed by atoms with Crippen LogP contribution in [0.2, 0.25) is 5.02 Å². The van der Waals surface area contributed by atoms with Crippen molar-refractivity contribution < 1.29 is 14.6 Å². The summed E-state index contributed by atoms with van der Waals surface area (Å²) in [7, 11) is 0. The van der Waals surface area contributed by atoms with E-state index in [1.54, 1.807) is 36.0 Å². The number of hydrogen-bond acceptors (Lipinski definition) is 5. The van der Waals surface area contributed by atoms with Gasteiger partial charge in [-0.3, -0.25) is 0 Å². The van der Waals surface area contributed by atoms with Crippen LogP contribution < -0.4 is 5.32 Å². The summed E-state index contributed by atoms with van der Waals surface area (Å²) in [6, 6.07) is 13.8. The number of allylic oxidation sites excluding steroid dienone is 1. The predicted octanol–water partition coefficient (Wildman–Crippen LogP) is 4.76. The lowest BCUT2D eigenvalue weighted by Crippen LogP contribution is -2.29. The largest absolute Gasteiger partial charge is 0.508 e. The Hall–Kier alpha value is -3.25. The third-order valence-electron chi connectivity index (χ3n) is 4.86. The Morgan fingerprint density at radius 1 is 1.28 bits per heavy atom. The third-order valence-corrected chi connectivity index (χ3v) is 5.11. The van der Waals surface area contributed by atoms with Crippen LogP contribution in [0, 0.1) is 0 Å². The lowest BCUT2D eigenvalue weighted by Gasteiger charge is -2.29. The van der Waals surface area contributed by atoms with Crippen molar-refractivity contribution >= 4 is 23.4 Å². The van der Waals surface area contributed by atoms with Crippen molar-refractivity contribution in [2.75, 3.05) is 11.9 Å². The monoisotopic (exact) mass is 409 g/mol. The Kier molecular flexibility index (Phi) is 5.03. The number of hydrogen-bond donors (Lipinski definition) is 2. The number of ether oxygens (including phenoxy) is 1. The van der Waals surface area contributed by atoms with Crippen molar-refractivity contribution in [1.82, 2.24) is 9.78 Å². The van der Waals surface area contributed by atoms with E-state index in [1.807, 2.05) is 37.3 Å². The number of nitrogens with one attached hydrogen (secondary N) is 1. The first-order valence-corrected chi connectivity index (χ1v) is 9.64. The van der Waals surface area contributed by atoms with Crippen LogP contribution in [0.15, 0.2) is 66.0 Å². The topological polar surface area (TPSA) is 76.4 Å². The summed E-state index contributed by atoms with van der Waals surface area (Å²) in [4.78, 5) is 12.8. The molecule has 0 saturated heterocycles. The van der Waals surface area contributed by atoms with E-state index in [9.17, 15) is 9.90 Å². The van der Waals surface area contributed by atoms with E-state index < -0.39 is 12.0 Å². The van der Waals surface area contributed by atoms with Crippen molar-refractivity contribution in [2.45, 2.75) is 19.9 Å². The smallest absolute Gasteiger partial charge is 0.338 e. The molecule has 4 rings (SSSR count). The number of fused-ring (bicyclic) bond motifs is 1. The second-order valence-electron chi connectivity index (χ2n) is 6.74. The standard InChI is InChI=1S/C22H20ClN3O3/c1-3-29-22(28)19-13(2)25-21-18(14-7-9-16(23)10-8-14)12-24-26(21)20(19)15-5-4-6-17(27)11-15/h4-12,20,25,27H,3H2,1-2H3/t20-/m0/s1. The Bertz CT molecular complexity index is 1100. The molecule has 0 aliphatic carbocycles. The minimum Gasteiger partial charge on any atom is -0.508 e. The Labute approximate surface area is 173 Å². The van der Waals surface area contributed by atoms with Gasteiger partial charge in [-0.1, -0.05) is 35.9 Å². The van der Waals surface area contributed by atoms with E-state index in [0.717, 1.165) is 22.5 Å². The average molecular weight is 410 g/mol. The molecule has 1 aliphatic rings. The van der Waals surface area contributed by atoms with Gasteiger partial charge >= 0.3 is 5.97 Å². The van der Waals surface area contributed by atoms with E-state index >= 15 is 0 Å². The van der Waals surface area contributed by atoms with Crippen LogP contribution in [0.5, 0.6) is 5.75 Å². The highest BCUT2D eigenvalue weighted by molar-refractivity contribution is 6.30. The predicted molar refractivity (Wildman–Crippen MR) is 112 cm³/mol. The summed E-state index contributed by atoms with van der Waals surface area (Å²) < 4.78 is 7.05. The van der Waals surface area contributed by atoms with Crippen LogP contribution in [0.4, 0.5) is 5.82 Å². The van der Waals surface area contributed by atoms with Crippen LogP contribution in [0.1, 0.15) is 25.5 Å². The molecule has 1 atom stereocenters. The SMILES string of the molecule is CCOC(=O)C1=C(C)Nc2c(-c3ccc(Cl)cc3)cnn2[C@H]1c1cccc(O)c1. The number of carbonyl (C=O) groups excluding carboxylic acids is 1. The molecular weight excluding hydrogens is 390 g/mol. The highest BCUT2D eigenvalue weighted by Gasteiger charge is 2.35. The number of aromatic hydroxyl groups is 1. The van der Waals surface area contributed by atoms with Gasteiger partial charge in [-0.05, 0) is 49.2 Å². The summed E-state index contributed by atoms with van der Waals surface area (Å²) in [5.41, 5.74) is 3.70. The molecule has 0 spiro atoms. The first-order chi connectivity index (χ1) is 14.0. The van der Waals surface area contributed by atoms with Gasteiger partial charge < -0.3 is 15.2 Å². The van der Waals surface area contributed by atoms with Crippen molar-refractivity contribution in [2.24, 2.45) is 0 Å². The maximum absolute atomic E-state index is 12.8. The van der Waals surface area contributed by atoms with Crippen LogP contribution in [0.25, 0.3) is 11.1 Å². The van der Waals surface area contributed by atoms with Gasteiger partial charge in [0, 0.05) is 16.3 Å². The van der Waals surface area contributed by atoms with Gasteiger partial charge in [0.05, 0.1) is 18.4 Å². The van der Waals surface area contributed by atoms with E-state index in [0.29, 0.717) is 16.3 Å². The van der Waals surface area contributed by atoms with Crippen LogP contribution in [0.3, 0.4) is 0 Å². The van der Waals surface area contributed by atoms with Crippen molar-refractivity contribution in [3.63, 3.8) is 0 Å². The highest BCUT2D eigenvalue weighted by atomic mass is 35.5. The quantitative estimate of drug-likeness (QED) is 0.607. The second kappa shape index (κ2) is 7.64. The lowest BCUT2D eigenvalue weighted by atomic mass is 9.95. The molecule has 2 N–H and O–H groups in total. The molecule has 2 heterocycles. The molecular formula is C22H20ClN3O3. The number of phenols is 1. The molecule has 1 aromatic heterocycles. The van der Waals surface area contributed by atoms with Gasteiger partial charge in [0.25, 0.3) is 0 Å². The van der Waals surface area contributed by atoms with Gasteiger partial charge in [-0.25, -0.2) is 9.48 Å². The van der Waals surface area contributed by atoms with E-state index in [2.05, 4.69) is 10.4 Å². The molecule has 1 aliphatic heterocycles. The van der Waals surface area contributed by atoms with Crippen LogP contribution in [-0.2, 0) is 9.53 Å². The molecule has 6 nitrogen and oxygen atoms in total. The Morgan fingerprint density at radius 3 is 2.72 bits per heavy atom. The number of rotatable bonds is 4. The van der Waals surface area contributed by atoms with Crippen LogP contribution >= 0.6 is 11.6 Å². The number of aromatic nitrogens is 2. The summed E-state index contributed by atoms with van der Waals surface area (Å²) in [5, 5.41) is 18.5. The summed E-state index contributed by atoms with van der Waals surface area (Å²) >= 11 is 6.02. The number of phenolic OH excluding ortho intramolecular Hbond substituents is 1. The van der Waals surface area contributed by atoms with E-state index in [4.69, 9.17) is 16.3 Å². The van der Waals surface area contributed by atoms with E-state index in [-0.39, 0.29) is 12.4 Å². The van der Waals surface area contributed by atoms with Gasteiger partial charge in [0.15, 0.2) is 0 Å². The van der Waals surface area contributed by atoms with Gasteiger partial charge in [0.1, 0.15) is 17.6 Å². The number of benzene rings is 2. The fourth-order valence-electron chi connectivity index (χ4n) is 3.57. The minimum absolute atomic E-state index is 0.119. The zero-order valence-corrected chi connectivity index (χ0v) is 16.8. The number of carbonyl (C=O) groups is 1. The number of halogens is 1. The number of anilines is 1. The van der Waals surface area contributed by atoms with Gasteiger partial charge in [-0.15, -0.1) is 0 Å². The molecule has 148 valence electrons. The lowest BCUT2D eigenvalue weighted by molar-refractivity contribution is -0.139. The first-order valence-electron chi connectivity index (χ1n) is 9.27. The summed E-state index contributed by atoms with van der Waals surface area (Å²) in [6.45, 7) is 3.87. The molecule has 2 aromatic carbocycles. The van der Waals surface area contributed by atoms with Crippen LogP contribution in [-0.4, -0.2) is 27.5 Å². The highest BCUT2D eigenvalue weighted by Crippen LogP contribution is 2.41. The molecule has 0 fully saturated rings. The summed E-state index contributed by atoms with van der Waals surface area (Å²) in [6.07, 6.45) is 1.75. The molecule has 0 bridgehead atoms.